The van der Waals surface area contributed by atoms with Gasteiger partial charge in [0.2, 0.25) is 0 Å². The highest BCUT2D eigenvalue weighted by atomic mass is 16.5. The van der Waals surface area contributed by atoms with E-state index in [4.69, 9.17) is 9.63 Å². The number of aliphatic carboxylic acids is 1. The molecule has 1 aliphatic carbocycles. The maximum Gasteiger partial charge on any atom is 0.306 e. The molecule has 0 saturated heterocycles. The molecule has 21 heavy (non-hydrogen) atoms. The fourth-order valence-electron chi connectivity index (χ4n) is 2.32. The Morgan fingerprint density at radius 2 is 1.95 bits per heavy atom. The highest BCUT2D eigenvalue weighted by molar-refractivity contribution is 5.93. The number of nitrogens with zero attached hydrogens (tertiary/aromatic N) is 1. The topological polar surface area (TPSA) is 92.4 Å². The molecule has 2 N–H and O–H groups in total. The Balaban J connectivity index is 1.62. The van der Waals surface area contributed by atoms with Crippen LogP contribution < -0.4 is 5.32 Å². The molecule has 1 aromatic heterocycles. The fraction of sp³-hybridized carbons (Fsp3) is 0.267. The molecule has 3 rings (SSSR count). The van der Waals surface area contributed by atoms with E-state index >= 15 is 0 Å². The molecule has 1 aliphatic rings. The van der Waals surface area contributed by atoms with Crippen LogP contribution in [0, 0.1) is 5.92 Å². The van der Waals surface area contributed by atoms with Gasteiger partial charge in [0.25, 0.3) is 5.91 Å². The van der Waals surface area contributed by atoms with Crippen LogP contribution in [0.2, 0.25) is 0 Å². The Labute approximate surface area is 120 Å². The van der Waals surface area contributed by atoms with Gasteiger partial charge >= 0.3 is 5.97 Å². The van der Waals surface area contributed by atoms with E-state index in [0.717, 1.165) is 5.56 Å². The lowest BCUT2D eigenvalue weighted by Crippen LogP contribution is -2.46. The lowest BCUT2D eigenvalue weighted by Gasteiger charge is -2.32. The lowest BCUT2D eigenvalue weighted by atomic mass is 9.80. The van der Waals surface area contributed by atoms with Crippen LogP contribution in [0.1, 0.15) is 23.3 Å². The second-order valence-corrected chi connectivity index (χ2v) is 5.12. The van der Waals surface area contributed by atoms with Crippen molar-refractivity contribution in [2.24, 2.45) is 5.92 Å². The van der Waals surface area contributed by atoms with Gasteiger partial charge in [0.05, 0.1) is 5.92 Å². The van der Waals surface area contributed by atoms with Gasteiger partial charge in [-0.15, -0.1) is 0 Å². The van der Waals surface area contributed by atoms with Crippen LogP contribution in [-0.4, -0.2) is 28.2 Å². The number of carbonyl (C=O) groups is 2. The molecule has 2 aromatic rings. The van der Waals surface area contributed by atoms with E-state index in [-0.39, 0.29) is 23.6 Å². The van der Waals surface area contributed by atoms with Crippen LogP contribution >= 0.6 is 0 Å². The van der Waals surface area contributed by atoms with Crippen LogP contribution in [0.15, 0.2) is 40.9 Å². The van der Waals surface area contributed by atoms with E-state index in [1.54, 1.807) is 6.07 Å². The highest BCUT2D eigenvalue weighted by Gasteiger charge is 2.35. The second kappa shape index (κ2) is 5.40. The first-order valence-corrected chi connectivity index (χ1v) is 6.69. The number of rotatable bonds is 4. The maximum absolute atomic E-state index is 12.0. The van der Waals surface area contributed by atoms with Gasteiger partial charge in [0.1, 0.15) is 0 Å². The normalized spacial score (nSPS) is 20.6. The van der Waals surface area contributed by atoms with Gasteiger partial charge in [-0.05, 0) is 12.8 Å². The molecule has 0 atom stereocenters. The predicted molar refractivity (Wildman–Crippen MR) is 73.6 cm³/mol. The summed E-state index contributed by atoms with van der Waals surface area (Å²) < 4.78 is 5.16. The molecule has 0 spiro atoms. The molecule has 0 radical (unpaired) electrons. The van der Waals surface area contributed by atoms with Gasteiger partial charge in [0.15, 0.2) is 11.5 Å². The number of nitrogens with one attached hydrogen (secondary N) is 1. The summed E-state index contributed by atoms with van der Waals surface area (Å²) >= 11 is 0. The number of hydrogen-bond donors (Lipinski definition) is 2. The van der Waals surface area contributed by atoms with Gasteiger partial charge in [-0.25, -0.2) is 0 Å². The van der Waals surface area contributed by atoms with Gasteiger partial charge in [-0.2, -0.15) is 0 Å². The third-order valence-corrected chi connectivity index (χ3v) is 3.62. The van der Waals surface area contributed by atoms with Crippen LogP contribution in [0.5, 0.6) is 0 Å². The molecule has 6 nitrogen and oxygen atoms in total. The quantitative estimate of drug-likeness (QED) is 0.896. The summed E-state index contributed by atoms with van der Waals surface area (Å²) in [6.07, 6.45) is 0.926. The number of hydrogen-bond acceptors (Lipinski definition) is 4. The molecule has 1 heterocycles. The molecule has 0 bridgehead atoms. The molecule has 1 fully saturated rings. The van der Waals surface area contributed by atoms with Gasteiger partial charge in [-0.1, -0.05) is 35.5 Å². The second-order valence-electron chi connectivity index (χ2n) is 5.12. The Morgan fingerprint density at radius 3 is 2.62 bits per heavy atom. The number of carboxylic acids is 1. The zero-order chi connectivity index (χ0) is 14.8. The van der Waals surface area contributed by atoms with E-state index in [1.165, 1.54) is 0 Å². The van der Waals surface area contributed by atoms with Crippen molar-refractivity contribution < 1.29 is 19.2 Å². The number of amides is 1. The molecule has 1 saturated carbocycles. The Morgan fingerprint density at radius 1 is 1.24 bits per heavy atom. The third kappa shape index (κ3) is 2.79. The van der Waals surface area contributed by atoms with Crippen molar-refractivity contribution in [3.05, 3.63) is 42.1 Å². The smallest absolute Gasteiger partial charge is 0.306 e. The summed E-state index contributed by atoms with van der Waals surface area (Å²) in [6.45, 7) is 0. The number of carbonyl (C=O) groups excluding carboxylic acids is 1. The zero-order valence-electron chi connectivity index (χ0n) is 11.2. The molecule has 0 unspecified atom stereocenters. The molecular formula is C15H14N2O4. The maximum atomic E-state index is 12.0. The Hall–Kier alpha value is -2.63. The standard InChI is InChI=1S/C15H14N2O4/c18-14(16-11-6-10(7-11)15(19)20)12-8-13(21-17-12)9-4-2-1-3-5-9/h1-5,8,10-11H,6-7H2,(H,16,18)(H,19,20)/t10-,11-. The monoisotopic (exact) mass is 286 g/mol. The molecule has 108 valence electrons. The van der Waals surface area contributed by atoms with Crippen molar-refractivity contribution in [2.45, 2.75) is 18.9 Å². The van der Waals surface area contributed by atoms with Gasteiger partial charge < -0.3 is 14.9 Å². The summed E-state index contributed by atoms with van der Waals surface area (Å²) in [5, 5.41) is 15.3. The molecular weight excluding hydrogens is 272 g/mol. The molecule has 1 amide bonds. The summed E-state index contributed by atoms with van der Waals surface area (Å²) in [6, 6.07) is 10.9. The minimum absolute atomic E-state index is 0.101. The summed E-state index contributed by atoms with van der Waals surface area (Å²) in [4.78, 5) is 22.7. The molecule has 6 heteroatoms. The predicted octanol–water partition coefficient (Wildman–Crippen LogP) is 1.93. The summed E-state index contributed by atoms with van der Waals surface area (Å²) in [5.41, 5.74) is 1.05. The largest absolute Gasteiger partial charge is 0.481 e. The Kier molecular flexibility index (Phi) is 3.43. The minimum atomic E-state index is -0.812. The first-order chi connectivity index (χ1) is 10.1. The van der Waals surface area contributed by atoms with Crippen molar-refractivity contribution in [1.29, 1.82) is 0 Å². The van der Waals surface area contributed by atoms with Crippen molar-refractivity contribution in [3.63, 3.8) is 0 Å². The van der Waals surface area contributed by atoms with Crippen molar-refractivity contribution >= 4 is 11.9 Å². The van der Waals surface area contributed by atoms with E-state index < -0.39 is 5.97 Å². The van der Waals surface area contributed by atoms with E-state index in [1.807, 2.05) is 30.3 Å². The van der Waals surface area contributed by atoms with Crippen LogP contribution in [0.3, 0.4) is 0 Å². The molecule has 0 aliphatic heterocycles. The van der Waals surface area contributed by atoms with E-state index in [2.05, 4.69) is 10.5 Å². The van der Waals surface area contributed by atoms with Crippen molar-refractivity contribution in [2.75, 3.05) is 0 Å². The minimum Gasteiger partial charge on any atom is -0.481 e. The average molecular weight is 286 g/mol. The van der Waals surface area contributed by atoms with E-state index in [0.29, 0.717) is 18.6 Å². The lowest BCUT2D eigenvalue weighted by molar-refractivity contribution is -0.145. The fourth-order valence-corrected chi connectivity index (χ4v) is 2.32. The summed E-state index contributed by atoms with van der Waals surface area (Å²) in [5.74, 6) is -0.978. The number of benzene rings is 1. The third-order valence-electron chi connectivity index (χ3n) is 3.62. The highest BCUT2D eigenvalue weighted by Crippen LogP contribution is 2.28. The van der Waals surface area contributed by atoms with Crippen LogP contribution in [0.25, 0.3) is 11.3 Å². The number of carboxylic acid groups (broad SMARTS) is 1. The average Bonchev–Trinajstić information content (AvgIpc) is 2.92. The van der Waals surface area contributed by atoms with Gasteiger partial charge in [-0.3, -0.25) is 9.59 Å². The van der Waals surface area contributed by atoms with E-state index in [9.17, 15) is 9.59 Å². The number of aromatic nitrogens is 1. The molecule has 1 aromatic carbocycles. The van der Waals surface area contributed by atoms with Crippen molar-refractivity contribution in [1.82, 2.24) is 10.5 Å². The van der Waals surface area contributed by atoms with Crippen LogP contribution in [0.4, 0.5) is 0 Å². The Bertz CT molecular complexity index is 659. The van der Waals surface area contributed by atoms with Crippen LogP contribution in [-0.2, 0) is 4.79 Å². The first-order valence-electron chi connectivity index (χ1n) is 6.69. The zero-order valence-corrected chi connectivity index (χ0v) is 11.2. The van der Waals surface area contributed by atoms with Crippen molar-refractivity contribution in [3.8, 4) is 11.3 Å². The summed E-state index contributed by atoms with van der Waals surface area (Å²) in [7, 11) is 0. The van der Waals surface area contributed by atoms with Gasteiger partial charge in [0, 0.05) is 17.7 Å². The SMILES string of the molecule is O=C(N[C@H]1C[C@H](C(=O)O)C1)c1cc(-c2ccccc2)on1. The first kappa shape index (κ1) is 13.4.